The Hall–Kier alpha value is -0.530. The summed E-state index contributed by atoms with van der Waals surface area (Å²) in [5.74, 6) is 0.646. The summed E-state index contributed by atoms with van der Waals surface area (Å²) in [5.41, 5.74) is 0. The van der Waals surface area contributed by atoms with E-state index in [1.165, 1.54) is 122 Å². The molecule has 31 heavy (non-hydrogen) atoms. The van der Waals surface area contributed by atoms with Crippen molar-refractivity contribution in [3.05, 3.63) is 0 Å². The van der Waals surface area contributed by atoms with E-state index in [1.807, 2.05) is 0 Å². The molecule has 0 heterocycles. The van der Waals surface area contributed by atoms with Crippen molar-refractivity contribution in [1.82, 2.24) is 0 Å². The molecule has 0 rings (SSSR count). The van der Waals surface area contributed by atoms with Crippen molar-refractivity contribution in [2.45, 2.75) is 163 Å². The molecular weight excluding hydrogens is 380 g/mol. The summed E-state index contributed by atoms with van der Waals surface area (Å²) in [6.07, 6.45) is 27.7. The monoisotopic (exact) mass is 438 g/mol. The fourth-order valence-corrected chi connectivity index (χ4v) is 4.37. The highest BCUT2D eigenvalue weighted by Gasteiger charge is 2.16. The molecule has 0 bridgehead atoms. The van der Waals surface area contributed by atoms with Crippen LogP contribution in [0.5, 0.6) is 0 Å². The molecule has 0 aromatic rings. The van der Waals surface area contributed by atoms with Gasteiger partial charge in [-0.2, -0.15) is 0 Å². The van der Waals surface area contributed by atoms with Crippen LogP contribution in [0.1, 0.15) is 163 Å². The first-order valence-corrected chi connectivity index (χ1v) is 14.3. The lowest BCUT2D eigenvalue weighted by atomic mass is 9.98. The smallest absolute Gasteiger partial charge is 0.308 e. The first kappa shape index (κ1) is 30.5. The Bertz CT molecular complexity index is 366. The van der Waals surface area contributed by atoms with Gasteiger partial charge < -0.3 is 4.74 Å². The van der Waals surface area contributed by atoms with E-state index in [0.29, 0.717) is 12.5 Å². The molecule has 0 amide bonds. The Kier molecular flexibility index (Phi) is 23.7. The van der Waals surface area contributed by atoms with Crippen LogP contribution in [0.25, 0.3) is 0 Å². The molecule has 0 fully saturated rings. The largest absolute Gasteiger partial charge is 0.465 e. The van der Waals surface area contributed by atoms with Gasteiger partial charge in [0.15, 0.2) is 0 Å². The summed E-state index contributed by atoms with van der Waals surface area (Å²) in [7, 11) is 0. The topological polar surface area (TPSA) is 26.3 Å². The van der Waals surface area contributed by atoms with Crippen molar-refractivity contribution in [3.63, 3.8) is 0 Å². The maximum atomic E-state index is 12.3. The quantitative estimate of drug-likeness (QED) is 0.111. The van der Waals surface area contributed by atoms with Gasteiger partial charge in [0.2, 0.25) is 0 Å². The molecule has 0 aromatic heterocycles. The van der Waals surface area contributed by atoms with Crippen molar-refractivity contribution < 1.29 is 9.53 Å². The van der Waals surface area contributed by atoms with Crippen LogP contribution in [0.2, 0.25) is 0 Å². The van der Waals surface area contributed by atoms with Crippen LogP contribution in [0.15, 0.2) is 0 Å². The predicted molar refractivity (Wildman–Crippen MR) is 138 cm³/mol. The van der Waals surface area contributed by atoms with Crippen LogP contribution < -0.4 is 0 Å². The van der Waals surface area contributed by atoms with Crippen LogP contribution in [0.4, 0.5) is 0 Å². The molecular formula is C29H58O2. The summed E-state index contributed by atoms with van der Waals surface area (Å²) in [5, 5.41) is 0. The minimum atomic E-state index is 0.0319. The van der Waals surface area contributed by atoms with E-state index in [9.17, 15) is 4.79 Å². The summed E-state index contributed by atoms with van der Waals surface area (Å²) in [4.78, 5) is 12.3. The van der Waals surface area contributed by atoms with E-state index in [2.05, 4.69) is 27.7 Å². The number of hydrogen-bond acceptors (Lipinski definition) is 2. The van der Waals surface area contributed by atoms with Gasteiger partial charge in [-0.15, -0.1) is 0 Å². The predicted octanol–water partition coefficient (Wildman–Crippen LogP) is 10.0. The molecule has 0 saturated heterocycles. The van der Waals surface area contributed by atoms with E-state index in [4.69, 9.17) is 4.74 Å². The zero-order chi connectivity index (χ0) is 23.0. The van der Waals surface area contributed by atoms with Crippen LogP contribution in [0, 0.1) is 11.8 Å². The van der Waals surface area contributed by atoms with Crippen molar-refractivity contribution >= 4 is 5.97 Å². The van der Waals surface area contributed by atoms with Crippen LogP contribution in [-0.2, 0) is 9.53 Å². The van der Waals surface area contributed by atoms with Gasteiger partial charge in [0.25, 0.3) is 0 Å². The molecule has 0 spiro atoms. The zero-order valence-corrected chi connectivity index (χ0v) is 22.0. The molecule has 0 aliphatic heterocycles. The third-order valence-electron chi connectivity index (χ3n) is 6.90. The third kappa shape index (κ3) is 21.1. The standard InChI is InChI=1S/C29H58O2/c1-5-8-10-12-14-15-16-17-18-19-20-22-24-27(4)29(30)31-26-28(7-3)25-23-21-13-11-9-6-2/h27-28H,5-26H2,1-4H3. The molecule has 0 saturated carbocycles. The summed E-state index contributed by atoms with van der Waals surface area (Å²) in [6, 6.07) is 0. The molecule has 0 aromatic carbocycles. The SMILES string of the molecule is CCCCCCCCCCCCCCC(C)C(=O)OCC(CC)CCCCCCCC. The van der Waals surface area contributed by atoms with Crippen molar-refractivity contribution in [2.24, 2.45) is 11.8 Å². The second-order valence-electron chi connectivity index (χ2n) is 10.0. The third-order valence-corrected chi connectivity index (χ3v) is 6.90. The first-order chi connectivity index (χ1) is 15.2. The van der Waals surface area contributed by atoms with Gasteiger partial charge in [0.05, 0.1) is 12.5 Å². The highest BCUT2D eigenvalue weighted by Crippen LogP contribution is 2.18. The van der Waals surface area contributed by atoms with Gasteiger partial charge in [0, 0.05) is 0 Å². The number of unbranched alkanes of at least 4 members (excludes halogenated alkanes) is 16. The van der Waals surface area contributed by atoms with E-state index in [-0.39, 0.29) is 11.9 Å². The van der Waals surface area contributed by atoms with Crippen LogP contribution in [0.3, 0.4) is 0 Å². The lowest BCUT2D eigenvalue weighted by Crippen LogP contribution is -2.19. The first-order valence-electron chi connectivity index (χ1n) is 14.3. The molecule has 2 nitrogen and oxygen atoms in total. The molecule has 2 unspecified atom stereocenters. The summed E-state index contributed by atoms with van der Waals surface area (Å²) in [6.45, 7) is 9.46. The number of carbonyl (C=O) groups excluding carboxylic acids is 1. The summed E-state index contributed by atoms with van der Waals surface area (Å²) >= 11 is 0. The zero-order valence-electron chi connectivity index (χ0n) is 22.0. The molecule has 0 aliphatic carbocycles. The molecule has 0 radical (unpaired) electrons. The Labute approximate surface area is 196 Å². The number of carbonyl (C=O) groups is 1. The fraction of sp³-hybridized carbons (Fsp3) is 0.966. The van der Waals surface area contributed by atoms with Crippen LogP contribution >= 0.6 is 0 Å². The Morgan fingerprint density at radius 1 is 0.581 bits per heavy atom. The summed E-state index contributed by atoms with van der Waals surface area (Å²) < 4.78 is 5.67. The molecule has 2 atom stereocenters. The Morgan fingerprint density at radius 2 is 0.968 bits per heavy atom. The van der Waals surface area contributed by atoms with E-state index >= 15 is 0 Å². The van der Waals surface area contributed by atoms with E-state index < -0.39 is 0 Å². The second-order valence-corrected chi connectivity index (χ2v) is 10.0. The minimum absolute atomic E-state index is 0.0319. The van der Waals surface area contributed by atoms with Crippen molar-refractivity contribution in [1.29, 1.82) is 0 Å². The molecule has 0 N–H and O–H groups in total. The van der Waals surface area contributed by atoms with E-state index in [1.54, 1.807) is 0 Å². The average Bonchev–Trinajstić information content (AvgIpc) is 2.78. The fourth-order valence-electron chi connectivity index (χ4n) is 4.37. The van der Waals surface area contributed by atoms with Gasteiger partial charge in [-0.1, -0.05) is 150 Å². The maximum Gasteiger partial charge on any atom is 0.308 e. The molecule has 186 valence electrons. The lowest BCUT2D eigenvalue weighted by molar-refractivity contribution is -0.149. The minimum Gasteiger partial charge on any atom is -0.465 e. The van der Waals surface area contributed by atoms with Crippen LogP contribution in [-0.4, -0.2) is 12.6 Å². The number of hydrogen-bond donors (Lipinski definition) is 0. The van der Waals surface area contributed by atoms with Gasteiger partial charge in [-0.25, -0.2) is 0 Å². The van der Waals surface area contributed by atoms with Gasteiger partial charge in [-0.05, 0) is 18.8 Å². The Morgan fingerprint density at radius 3 is 1.39 bits per heavy atom. The molecule has 0 aliphatic rings. The van der Waals surface area contributed by atoms with E-state index in [0.717, 1.165) is 12.8 Å². The van der Waals surface area contributed by atoms with Crippen molar-refractivity contribution in [2.75, 3.05) is 6.61 Å². The number of rotatable bonds is 24. The van der Waals surface area contributed by atoms with Crippen molar-refractivity contribution in [3.8, 4) is 0 Å². The van der Waals surface area contributed by atoms with Gasteiger partial charge in [0.1, 0.15) is 0 Å². The molecule has 2 heteroatoms. The number of ether oxygens (including phenoxy) is 1. The normalized spacial score (nSPS) is 13.3. The van der Waals surface area contributed by atoms with Gasteiger partial charge in [-0.3, -0.25) is 4.79 Å². The highest BCUT2D eigenvalue weighted by molar-refractivity contribution is 5.71. The van der Waals surface area contributed by atoms with Gasteiger partial charge >= 0.3 is 5.97 Å². The Balaban J connectivity index is 3.56. The average molecular weight is 439 g/mol. The maximum absolute atomic E-state index is 12.3. The highest BCUT2D eigenvalue weighted by atomic mass is 16.5. The lowest BCUT2D eigenvalue weighted by Gasteiger charge is -2.17. The second kappa shape index (κ2) is 24.1. The number of esters is 1.